The molecule has 10 heteroatoms. The number of pyridine rings is 1. The van der Waals surface area contributed by atoms with Crippen molar-refractivity contribution in [3.63, 3.8) is 0 Å². The summed E-state index contributed by atoms with van der Waals surface area (Å²) in [6, 6.07) is 9.62. The van der Waals surface area contributed by atoms with E-state index in [1.807, 2.05) is 0 Å². The zero-order chi connectivity index (χ0) is 18.6. The molecule has 0 unspecified atom stereocenters. The topological polar surface area (TPSA) is 130 Å². The zero-order valence-electron chi connectivity index (χ0n) is 13.5. The van der Waals surface area contributed by atoms with Crippen molar-refractivity contribution in [2.45, 2.75) is 11.3 Å². The smallest absolute Gasteiger partial charge is 0.271 e. The summed E-state index contributed by atoms with van der Waals surface area (Å²) >= 11 is 0. The lowest BCUT2D eigenvalue weighted by Crippen LogP contribution is -2.41. The zero-order valence-corrected chi connectivity index (χ0v) is 14.3. The van der Waals surface area contributed by atoms with E-state index in [1.54, 1.807) is 30.3 Å². The normalized spacial score (nSPS) is 15.8. The van der Waals surface area contributed by atoms with Crippen LogP contribution < -0.4 is 15.6 Å². The van der Waals surface area contributed by atoms with E-state index in [4.69, 9.17) is 0 Å². The van der Waals surface area contributed by atoms with Gasteiger partial charge in [0.05, 0.1) is 17.0 Å². The Labute approximate surface area is 149 Å². The number of carbonyl (C=O) groups is 2. The van der Waals surface area contributed by atoms with Gasteiger partial charge in [-0.25, -0.2) is 8.42 Å². The molecule has 134 valence electrons. The monoisotopic (exact) mass is 373 g/mol. The Morgan fingerprint density at radius 2 is 1.92 bits per heavy atom. The van der Waals surface area contributed by atoms with Crippen LogP contribution >= 0.6 is 0 Å². The summed E-state index contributed by atoms with van der Waals surface area (Å²) in [4.78, 5) is 31.6. The molecule has 1 aliphatic rings. The first-order valence-corrected chi connectivity index (χ1v) is 9.11. The number of hydrogen-bond donors (Lipinski definition) is 3. The average molecular weight is 373 g/mol. The molecule has 3 rings (SSSR count). The van der Waals surface area contributed by atoms with Crippen molar-refractivity contribution in [2.24, 2.45) is 4.99 Å². The van der Waals surface area contributed by atoms with Crippen LogP contribution in [0.4, 0.5) is 0 Å². The van der Waals surface area contributed by atoms with Crippen LogP contribution in [-0.4, -0.2) is 37.6 Å². The maximum Gasteiger partial charge on any atom is 0.271 e. The fourth-order valence-corrected chi connectivity index (χ4v) is 3.53. The number of aliphatic imine (C=N–C) groups is 1. The average Bonchev–Trinajstić information content (AvgIpc) is 2.91. The molecule has 2 heterocycles. The molecule has 2 amide bonds. The Balaban J connectivity index is 1.53. The van der Waals surface area contributed by atoms with Crippen molar-refractivity contribution in [3.8, 4) is 0 Å². The maximum absolute atomic E-state index is 11.9. The van der Waals surface area contributed by atoms with Crippen LogP contribution in [0.25, 0.3) is 0 Å². The number of aromatic nitrogens is 1. The van der Waals surface area contributed by atoms with Crippen LogP contribution in [0.15, 0.2) is 58.7 Å². The molecule has 0 bridgehead atoms. The standard InChI is InChI=1S/C16H15N5O4S/c22-14(19-20-16(23)11-4-3-8-17-10-11)7-9-18-15-12-5-1-2-6-13(12)26(24,25)21-15/h1-6,8,10H,7,9H2,(H,18,21)(H,19,22)(H,20,23). The van der Waals surface area contributed by atoms with E-state index in [-0.39, 0.29) is 23.7 Å². The van der Waals surface area contributed by atoms with E-state index < -0.39 is 21.8 Å². The van der Waals surface area contributed by atoms with Crippen LogP contribution in [0.3, 0.4) is 0 Å². The van der Waals surface area contributed by atoms with E-state index in [2.05, 4.69) is 25.6 Å². The minimum Gasteiger partial charge on any atom is -0.273 e. The number of benzene rings is 1. The molecule has 3 N–H and O–H groups in total. The van der Waals surface area contributed by atoms with Gasteiger partial charge in [0.15, 0.2) is 0 Å². The molecule has 1 aromatic carbocycles. The third-order valence-corrected chi connectivity index (χ3v) is 4.91. The number of amidine groups is 1. The summed E-state index contributed by atoms with van der Waals surface area (Å²) in [5, 5.41) is 0. The fraction of sp³-hybridized carbons (Fsp3) is 0.125. The van der Waals surface area contributed by atoms with Crippen LogP contribution in [0.5, 0.6) is 0 Å². The summed E-state index contributed by atoms with van der Waals surface area (Å²) in [5.74, 6) is -0.747. The van der Waals surface area contributed by atoms with E-state index in [1.165, 1.54) is 18.5 Å². The lowest BCUT2D eigenvalue weighted by atomic mass is 10.2. The summed E-state index contributed by atoms with van der Waals surface area (Å²) < 4.78 is 26.3. The molecule has 0 radical (unpaired) electrons. The molecule has 1 aliphatic heterocycles. The number of sulfonamides is 1. The van der Waals surface area contributed by atoms with Gasteiger partial charge in [-0.15, -0.1) is 0 Å². The number of nitrogens with zero attached hydrogens (tertiary/aromatic N) is 2. The first-order chi connectivity index (χ1) is 12.5. The summed E-state index contributed by atoms with van der Waals surface area (Å²) in [7, 11) is -3.60. The summed E-state index contributed by atoms with van der Waals surface area (Å²) in [6.07, 6.45) is 2.88. The van der Waals surface area contributed by atoms with Crippen molar-refractivity contribution < 1.29 is 18.0 Å². The molecule has 0 saturated heterocycles. The van der Waals surface area contributed by atoms with Gasteiger partial charge in [-0.05, 0) is 24.3 Å². The van der Waals surface area contributed by atoms with Crippen LogP contribution in [0.2, 0.25) is 0 Å². The van der Waals surface area contributed by atoms with E-state index in [0.717, 1.165) is 0 Å². The Hall–Kier alpha value is -3.27. The number of nitrogens with one attached hydrogen (secondary N) is 3. The van der Waals surface area contributed by atoms with Crippen LogP contribution in [-0.2, 0) is 14.8 Å². The van der Waals surface area contributed by atoms with Crippen molar-refractivity contribution in [1.29, 1.82) is 0 Å². The Bertz CT molecular complexity index is 973. The van der Waals surface area contributed by atoms with Crippen LogP contribution in [0.1, 0.15) is 22.3 Å². The van der Waals surface area contributed by atoms with Gasteiger partial charge < -0.3 is 0 Å². The molecule has 0 spiro atoms. The molecule has 0 saturated carbocycles. The largest absolute Gasteiger partial charge is 0.273 e. The number of hydrazine groups is 1. The Kier molecular flexibility index (Phi) is 4.94. The minimum absolute atomic E-state index is 0.0271. The highest BCUT2D eigenvalue weighted by Gasteiger charge is 2.29. The highest BCUT2D eigenvalue weighted by Crippen LogP contribution is 2.22. The maximum atomic E-state index is 11.9. The molecular weight excluding hydrogens is 358 g/mol. The Morgan fingerprint density at radius 1 is 1.12 bits per heavy atom. The van der Waals surface area contributed by atoms with Crippen molar-refractivity contribution in [3.05, 3.63) is 59.9 Å². The van der Waals surface area contributed by atoms with Crippen LogP contribution in [0, 0.1) is 0 Å². The molecule has 26 heavy (non-hydrogen) atoms. The van der Waals surface area contributed by atoms with E-state index in [9.17, 15) is 18.0 Å². The van der Waals surface area contributed by atoms with Gasteiger partial charge in [-0.2, -0.15) is 0 Å². The number of amides is 2. The van der Waals surface area contributed by atoms with Crippen molar-refractivity contribution in [1.82, 2.24) is 20.6 Å². The van der Waals surface area contributed by atoms with Gasteiger partial charge in [-0.3, -0.25) is 35.1 Å². The molecule has 2 aromatic rings. The summed E-state index contributed by atoms with van der Waals surface area (Å²) in [6.45, 7) is 0.0563. The fourth-order valence-electron chi connectivity index (χ4n) is 2.28. The third-order valence-electron chi connectivity index (χ3n) is 3.51. The number of fused-ring (bicyclic) bond motifs is 1. The molecule has 9 nitrogen and oxygen atoms in total. The van der Waals surface area contributed by atoms with Gasteiger partial charge in [0.2, 0.25) is 5.91 Å². The molecule has 1 aromatic heterocycles. The highest BCUT2D eigenvalue weighted by molar-refractivity contribution is 7.90. The molecule has 0 aliphatic carbocycles. The van der Waals surface area contributed by atoms with Gasteiger partial charge in [0, 0.05) is 24.4 Å². The first kappa shape index (κ1) is 17.5. The van der Waals surface area contributed by atoms with Crippen molar-refractivity contribution in [2.75, 3.05) is 6.54 Å². The van der Waals surface area contributed by atoms with E-state index >= 15 is 0 Å². The summed E-state index contributed by atoms with van der Waals surface area (Å²) in [5.41, 5.74) is 5.32. The predicted octanol–water partition coefficient (Wildman–Crippen LogP) is -0.0286. The van der Waals surface area contributed by atoms with Gasteiger partial charge in [-0.1, -0.05) is 12.1 Å². The molecule has 0 atom stereocenters. The lowest BCUT2D eigenvalue weighted by molar-refractivity contribution is -0.121. The van der Waals surface area contributed by atoms with Gasteiger partial charge >= 0.3 is 0 Å². The Morgan fingerprint density at radius 3 is 2.69 bits per heavy atom. The number of carbonyl (C=O) groups excluding carboxylic acids is 2. The minimum atomic E-state index is -3.60. The second kappa shape index (κ2) is 7.31. The van der Waals surface area contributed by atoms with E-state index in [0.29, 0.717) is 11.1 Å². The SMILES string of the molecule is O=C(CCN=C1NS(=O)(=O)c2ccccc21)NNC(=O)c1cccnc1. The van der Waals surface area contributed by atoms with Gasteiger partial charge in [0.25, 0.3) is 15.9 Å². The second-order valence-corrected chi connectivity index (χ2v) is 6.98. The number of rotatable bonds is 4. The number of hydrogen-bond acceptors (Lipinski definition) is 6. The van der Waals surface area contributed by atoms with Crippen molar-refractivity contribution >= 4 is 27.7 Å². The third kappa shape index (κ3) is 3.86. The lowest BCUT2D eigenvalue weighted by Gasteiger charge is -2.06. The second-order valence-electron chi connectivity index (χ2n) is 5.33. The molecule has 0 fully saturated rings. The quantitative estimate of drug-likeness (QED) is 0.648. The highest BCUT2D eigenvalue weighted by atomic mass is 32.2. The molecular formula is C16H15N5O4S. The first-order valence-electron chi connectivity index (χ1n) is 7.63. The predicted molar refractivity (Wildman–Crippen MR) is 92.6 cm³/mol. The van der Waals surface area contributed by atoms with Gasteiger partial charge in [0.1, 0.15) is 5.84 Å².